The van der Waals surface area contributed by atoms with Gasteiger partial charge in [0.2, 0.25) is 11.9 Å². The van der Waals surface area contributed by atoms with Crippen molar-refractivity contribution in [3.63, 3.8) is 0 Å². The minimum absolute atomic E-state index is 0.000644. The van der Waals surface area contributed by atoms with E-state index >= 15 is 0 Å². The number of amides is 2. The van der Waals surface area contributed by atoms with Crippen LogP contribution in [0.5, 0.6) is 0 Å². The summed E-state index contributed by atoms with van der Waals surface area (Å²) in [5.41, 5.74) is 1.73. The van der Waals surface area contributed by atoms with Gasteiger partial charge in [0, 0.05) is 37.9 Å². The van der Waals surface area contributed by atoms with Crippen molar-refractivity contribution in [1.82, 2.24) is 19.7 Å². The average Bonchev–Trinajstić information content (AvgIpc) is 3.30. The molecule has 11 heteroatoms. The second kappa shape index (κ2) is 10.5. The molecular formula is C25H23FN8O2. The number of carbonyl (C=O) groups excluding carboxylic acids is 2. The lowest BCUT2D eigenvalue weighted by Gasteiger charge is -2.19. The van der Waals surface area contributed by atoms with Crippen molar-refractivity contribution < 1.29 is 14.0 Å². The Kier molecular flexibility index (Phi) is 7.00. The van der Waals surface area contributed by atoms with Crippen molar-refractivity contribution >= 4 is 46.3 Å². The Hall–Kier alpha value is -5.06. The van der Waals surface area contributed by atoms with Crippen LogP contribution in [0.2, 0.25) is 0 Å². The highest BCUT2D eigenvalue weighted by molar-refractivity contribution is 6.09. The topological polar surface area (TPSA) is 117 Å². The summed E-state index contributed by atoms with van der Waals surface area (Å²) in [6, 6.07) is 13.0. The molecule has 2 aromatic heterocycles. The van der Waals surface area contributed by atoms with Gasteiger partial charge in [0.15, 0.2) is 0 Å². The van der Waals surface area contributed by atoms with E-state index in [4.69, 9.17) is 0 Å². The molecule has 0 radical (unpaired) electrons. The first-order valence-corrected chi connectivity index (χ1v) is 10.8. The van der Waals surface area contributed by atoms with Crippen molar-refractivity contribution in [2.24, 2.45) is 7.05 Å². The fraction of sp³-hybridized carbons (Fsp3) is 0.0800. The van der Waals surface area contributed by atoms with Gasteiger partial charge in [-0.25, -0.2) is 9.37 Å². The summed E-state index contributed by atoms with van der Waals surface area (Å²) in [6.45, 7) is 3.41. The fourth-order valence-electron chi connectivity index (χ4n) is 3.28. The van der Waals surface area contributed by atoms with Crippen LogP contribution in [-0.4, -0.2) is 38.6 Å². The SMILES string of the molecule is C=CC(=O)Nc1ccc(F)c(Nc2nc(Nc3cnn(C)c3)ncc2C(=O)N(C)c2ccccc2)c1. The first kappa shape index (κ1) is 24.1. The van der Waals surface area contributed by atoms with E-state index in [0.29, 0.717) is 17.1 Å². The molecule has 0 aliphatic rings. The monoisotopic (exact) mass is 486 g/mol. The highest BCUT2D eigenvalue weighted by Gasteiger charge is 2.21. The average molecular weight is 487 g/mol. The molecule has 0 aliphatic heterocycles. The van der Waals surface area contributed by atoms with Gasteiger partial charge in [0.05, 0.1) is 17.6 Å². The van der Waals surface area contributed by atoms with Crippen molar-refractivity contribution in [3.8, 4) is 0 Å². The second-order valence-electron chi connectivity index (χ2n) is 7.70. The van der Waals surface area contributed by atoms with Crippen molar-refractivity contribution in [2.45, 2.75) is 0 Å². The molecule has 36 heavy (non-hydrogen) atoms. The lowest BCUT2D eigenvalue weighted by molar-refractivity contribution is -0.111. The first-order valence-electron chi connectivity index (χ1n) is 10.8. The predicted octanol–water partition coefficient (Wildman–Crippen LogP) is 4.24. The van der Waals surface area contributed by atoms with Crippen LogP contribution in [0.3, 0.4) is 0 Å². The van der Waals surface area contributed by atoms with Crippen molar-refractivity contribution in [3.05, 3.63) is 91.2 Å². The maximum Gasteiger partial charge on any atom is 0.263 e. The lowest BCUT2D eigenvalue weighted by atomic mass is 10.2. The molecule has 2 aromatic carbocycles. The Morgan fingerprint density at radius 3 is 2.56 bits per heavy atom. The third-order valence-electron chi connectivity index (χ3n) is 5.10. The third kappa shape index (κ3) is 5.53. The standard InChI is InChI=1S/C25H23FN8O2/c1-4-22(35)29-16-10-11-20(26)21(12-16)31-23-19(24(36)34(3)18-8-6-5-7-9-18)14-27-25(32-23)30-17-13-28-33(2)15-17/h4-15H,1H2,2-3H3,(H,29,35)(H2,27,30,31,32). The fourth-order valence-corrected chi connectivity index (χ4v) is 3.28. The molecule has 182 valence electrons. The van der Waals surface area contributed by atoms with Crippen molar-refractivity contribution in [1.29, 1.82) is 0 Å². The van der Waals surface area contributed by atoms with Gasteiger partial charge in [-0.05, 0) is 36.4 Å². The Balaban J connectivity index is 1.71. The molecule has 0 saturated carbocycles. The molecule has 0 bridgehead atoms. The Morgan fingerprint density at radius 1 is 1.08 bits per heavy atom. The van der Waals surface area contributed by atoms with E-state index in [-0.39, 0.29) is 23.0 Å². The Morgan fingerprint density at radius 2 is 1.86 bits per heavy atom. The number of benzene rings is 2. The number of rotatable bonds is 8. The van der Waals surface area contributed by atoms with Crippen molar-refractivity contribution in [2.75, 3.05) is 27.9 Å². The smallest absolute Gasteiger partial charge is 0.263 e. The molecule has 0 spiro atoms. The molecule has 0 atom stereocenters. The summed E-state index contributed by atoms with van der Waals surface area (Å²) in [4.78, 5) is 35.2. The third-order valence-corrected chi connectivity index (χ3v) is 5.10. The van der Waals surface area contributed by atoms with Crippen LogP contribution < -0.4 is 20.9 Å². The number of aromatic nitrogens is 4. The molecule has 0 fully saturated rings. The molecule has 4 rings (SSSR count). The van der Waals surface area contributed by atoms with E-state index in [1.807, 2.05) is 18.2 Å². The van der Waals surface area contributed by atoms with E-state index in [1.54, 1.807) is 43.3 Å². The summed E-state index contributed by atoms with van der Waals surface area (Å²) in [5, 5.41) is 12.5. The maximum absolute atomic E-state index is 14.7. The number of hydrogen-bond acceptors (Lipinski definition) is 7. The number of nitrogens with zero attached hydrogens (tertiary/aromatic N) is 5. The predicted molar refractivity (Wildman–Crippen MR) is 136 cm³/mol. The van der Waals surface area contributed by atoms with Crippen LogP contribution in [0.4, 0.5) is 38.9 Å². The van der Waals surface area contributed by atoms with Crippen LogP contribution in [0.15, 0.2) is 79.8 Å². The Bertz CT molecular complexity index is 1420. The van der Waals surface area contributed by atoms with Gasteiger partial charge < -0.3 is 20.9 Å². The summed E-state index contributed by atoms with van der Waals surface area (Å²) < 4.78 is 16.3. The number of aryl methyl sites for hydroxylation is 1. The number of halogens is 1. The van der Waals surface area contributed by atoms with Gasteiger partial charge in [-0.1, -0.05) is 24.8 Å². The van der Waals surface area contributed by atoms with Gasteiger partial charge in [0.1, 0.15) is 17.2 Å². The molecule has 0 unspecified atom stereocenters. The van der Waals surface area contributed by atoms with Gasteiger partial charge in [-0.3, -0.25) is 14.3 Å². The molecular weight excluding hydrogens is 463 g/mol. The summed E-state index contributed by atoms with van der Waals surface area (Å²) in [7, 11) is 3.39. The molecule has 0 aliphatic carbocycles. The van der Waals surface area contributed by atoms with Gasteiger partial charge in [-0.15, -0.1) is 0 Å². The summed E-state index contributed by atoms with van der Waals surface area (Å²) in [6.07, 6.45) is 5.78. The van der Waals surface area contributed by atoms with Crippen LogP contribution in [-0.2, 0) is 11.8 Å². The Labute approximate surface area is 206 Å². The molecule has 0 saturated heterocycles. The number of para-hydroxylation sites is 1. The molecule has 2 heterocycles. The van der Waals surface area contributed by atoms with Crippen LogP contribution in [0.25, 0.3) is 0 Å². The normalized spacial score (nSPS) is 10.4. The zero-order chi connectivity index (χ0) is 25.7. The van der Waals surface area contributed by atoms with E-state index in [9.17, 15) is 14.0 Å². The zero-order valence-corrected chi connectivity index (χ0v) is 19.6. The maximum atomic E-state index is 14.7. The largest absolute Gasteiger partial charge is 0.337 e. The zero-order valence-electron chi connectivity index (χ0n) is 19.6. The van der Waals surface area contributed by atoms with E-state index in [1.165, 1.54) is 29.3 Å². The molecule has 10 nitrogen and oxygen atoms in total. The quantitative estimate of drug-likeness (QED) is 0.319. The summed E-state index contributed by atoms with van der Waals surface area (Å²) in [5.74, 6) is -1.23. The van der Waals surface area contributed by atoms with Gasteiger partial charge in [-0.2, -0.15) is 10.1 Å². The number of carbonyl (C=O) groups is 2. The summed E-state index contributed by atoms with van der Waals surface area (Å²) >= 11 is 0. The minimum Gasteiger partial charge on any atom is -0.337 e. The molecule has 4 aromatic rings. The first-order chi connectivity index (χ1) is 17.3. The van der Waals surface area contributed by atoms with E-state index in [0.717, 1.165) is 6.08 Å². The number of anilines is 6. The van der Waals surface area contributed by atoms with Gasteiger partial charge in [0.25, 0.3) is 5.91 Å². The molecule has 2 amide bonds. The van der Waals surface area contributed by atoms with Crippen LogP contribution in [0, 0.1) is 5.82 Å². The molecule has 3 N–H and O–H groups in total. The second-order valence-corrected chi connectivity index (χ2v) is 7.70. The van der Waals surface area contributed by atoms with Crippen LogP contribution >= 0.6 is 0 Å². The van der Waals surface area contributed by atoms with Crippen LogP contribution in [0.1, 0.15) is 10.4 Å². The number of nitrogens with one attached hydrogen (secondary N) is 3. The van der Waals surface area contributed by atoms with E-state index < -0.39 is 17.6 Å². The minimum atomic E-state index is -0.609. The highest BCUT2D eigenvalue weighted by Crippen LogP contribution is 2.27. The number of hydrogen-bond donors (Lipinski definition) is 3. The van der Waals surface area contributed by atoms with E-state index in [2.05, 4.69) is 37.6 Å². The highest BCUT2D eigenvalue weighted by atomic mass is 19.1. The lowest BCUT2D eigenvalue weighted by Crippen LogP contribution is -2.27. The van der Waals surface area contributed by atoms with Gasteiger partial charge >= 0.3 is 0 Å².